The zero-order chi connectivity index (χ0) is 14.8. The van der Waals surface area contributed by atoms with Gasteiger partial charge in [0.05, 0.1) is 5.75 Å². The fraction of sp³-hybridized carbons (Fsp3) is 0.154. The van der Waals surface area contributed by atoms with Crippen molar-refractivity contribution < 1.29 is 22.7 Å². The molecule has 0 aliphatic heterocycles. The summed E-state index contributed by atoms with van der Waals surface area (Å²) in [6.45, 7) is 0. The summed E-state index contributed by atoms with van der Waals surface area (Å²) in [5.74, 6) is -1.89. The number of sulfone groups is 1. The average molecular weight is 295 g/mol. The molecule has 0 bridgehead atoms. The second kappa shape index (κ2) is 5.38. The Bertz CT molecular complexity index is 715. The van der Waals surface area contributed by atoms with Crippen molar-refractivity contribution in [1.29, 1.82) is 0 Å². The van der Waals surface area contributed by atoms with Crippen LogP contribution in [0.2, 0.25) is 0 Å². The van der Waals surface area contributed by atoms with Gasteiger partial charge in [0.15, 0.2) is 9.84 Å². The molecule has 3 N–H and O–H groups in total. The summed E-state index contributed by atoms with van der Waals surface area (Å²) >= 11 is 0. The minimum atomic E-state index is -3.44. The van der Waals surface area contributed by atoms with Gasteiger partial charge in [0.2, 0.25) is 5.76 Å². The van der Waals surface area contributed by atoms with E-state index in [-0.39, 0.29) is 23.0 Å². The Kier molecular flexibility index (Phi) is 3.80. The van der Waals surface area contributed by atoms with E-state index in [4.69, 9.17) is 15.3 Å². The van der Waals surface area contributed by atoms with E-state index in [1.807, 2.05) is 0 Å². The number of nitrogen functional groups attached to an aromatic ring is 1. The molecule has 2 rings (SSSR count). The van der Waals surface area contributed by atoms with Crippen molar-refractivity contribution in [1.82, 2.24) is 0 Å². The largest absolute Gasteiger partial charge is 0.475 e. The van der Waals surface area contributed by atoms with E-state index in [0.29, 0.717) is 11.3 Å². The third-order valence-corrected chi connectivity index (χ3v) is 4.10. The number of anilines is 1. The zero-order valence-corrected chi connectivity index (χ0v) is 11.3. The third-order valence-electron chi connectivity index (χ3n) is 2.60. The van der Waals surface area contributed by atoms with E-state index in [9.17, 15) is 13.2 Å². The molecule has 0 aliphatic rings. The van der Waals surface area contributed by atoms with Gasteiger partial charge in [-0.2, -0.15) is 0 Å². The van der Waals surface area contributed by atoms with Crippen LogP contribution in [0.1, 0.15) is 21.9 Å². The summed E-state index contributed by atoms with van der Waals surface area (Å²) < 4.78 is 28.9. The Hall–Kier alpha value is -2.28. The fourth-order valence-electron chi connectivity index (χ4n) is 1.71. The average Bonchev–Trinajstić information content (AvgIpc) is 2.79. The molecular formula is C13H13NO5S. The Morgan fingerprint density at radius 1 is 1.10 bits per heavy atom. The summed E-state index contributed by atoms with van der Waals surface area (Å²) in [5, 5.41) is 8.70. The van der Waals surface area contributed by atoms with Crippen molar-refractivity contribution in [3.8, 4) is 0 Å². The lowest BCUT2D eigenvalue weighted by Gasteiger charge is -2.03. The molecule has 2 aromatic rings. The van der Waals surface area contributed by atoms with E-state index >= 15 is 0 Å². The molecule has 0 unspecified atom stereocenters. The molecule has 1 heterocycles. The first kappa shape index (κ1) is 14.1. The van der Waals surface area contributed by atoms with E-state index in [1.54, 1.807) is 24.3 Å². The van der Waals surface area contributed by atoms with Crippen LogP contribution in [-0.2, 0) is 21.3 Å². The highest BCUT2D eigenvalue weighted by molar-refractivity contribution is 7.89. The maximum absolute atomic E-state index is 12.0. The Balaban J connectivity index is 2.10. The predicted octanol–water partition coefficient (Wildman–Crippen LogP) is 1.68. The number of carboxylic acids is 1. The lowest BCUT2D eigenvalue weighted by Crippen LogP contribution is -2.07. The molecule has 0 aliphatic carbocycles. The van der Waals surface area contributed by atoms with Gasteiger partial charge in [0.25, 0.3) is 0 Å². The minimum Gasteiger partial charge on any atom is -0.475 e. The van der Waals surface area contributed by atoms with Crippen LogP contribution in [-0.4, -0.2) is 19.5 Å². The molecule has 0 atom stereocenters. The van der Waals surface area contributed by atoms with Gasteiger partial charge in [-0.3, -0.25) is 0 Å². The van der Waals surface area contributed by atoms with Gasteiger partial charge in [0.1, 0.15) is 11.5 Å². The fourth-order valence-corrected chi connectivity index (χ4v) is 3.10. The Morgan fingerprint density at radius 3 is 2.30 bits per heavy atom. The molecular weight excluding hydrogens is 282 g/mol. The summed E-state index contributed by atoms with van der Waals surface area (Å²) in [4.78, 5) is 10.6. The van der Waals surface area contributed by atoms with Crippen LogP contribution in [0, 0.1) is 0 Å². The lowest BCUT2D eigenvalue weighted by atomic mass is 10.2. The van der Waals surface area contributed by atoms with E-state index in [0.717, 1.165) is 0 Å². The van der Waals surface area contributed by atoms with Crippen molar-refractivity contribution in [3.63, 3.8) is 0 Å². The highest BCUT2D eigenvalue weighted by atomic mass is 32.2. The Morgan fingerprint density at radius 2 is 1.75 bits per heavy atom. The van der Waals surface area contributed by atoms with Gasteiger partial charge in [-0.15, -0.1) is 0 Å². The molecule has 1 aromatic heterocycles. The highest BCUT2D eigenvalue weighted by Gasteiger charge is 2.17. The molecule has 106 valence electrons. The van der Waals surface area contributed by atoms with Gasteiger partial charge in [0, 0.05) is 5.69 Å². The Labute approximate surface area is 115 Å². The maximum Gasteiger partial charge on any atom is 0.371 e. The van der Waals surface area contributed by atoms with Crippen LogP contribution in [0.25, 0.3) is 0 Å². The molecule has 1 aromatic carbocycles. The summed E-state index contributed by atoms with van der Waals surface area (Å²) in [5.41, 5.74) is 6.70. The molecule has 6 nitrogen and oxygen atoms in total. The van der Waals surface area contributed by atoms with Gasteiger partial charge in [-0.05, 0) is 29.8 Å². The van der Waals surface area contributed by atoms with Crippen LogP contribution in [0.5, 0.6) is 0 Å². The van der Waals surface area contributed by atoms with Crippen LogP contribution >= 0.6 is 0 Å². The topological polar surface area (TPSA) is 111 Å². The van der Waals surface area contributed by atoms with Crippen molar-refractivity contribution in [2.45, 2.75) is 11.5 Å². The van der Waals surface area contributed by atoms with E-state index < -0.39 is 15.8 Å². The quantitative estimate of drug-likeness (QED) is 0.812. The summed E-state index contributed by atoms with van der Waals surface area (Å²) in [6.07, 6.45) is 0. The van der Waals surface area contributed by atoms with E-state index in [1.165, 1.54) is 12.1 Å². The van der Waals surface area contributed by atoms with Crippen LogP contribution in [0.4, 0.5) is 5.69 Å². The monoisotopic (exact) mass is 295 g/mol. The van der Waals surface area contributed by atoms with Gasteiger partial charge in [-0.25, -0.2) is 13.2 Å². The molecule has 0 fully saturated rings. The molecule has 20 heavy (non-hydrogen) atoms. The van der Waals surface area contributed by atoms with Gasteiger partial charge >= 0.3 is 5.97 Å². The molecule has 0 radical (unpaired) electrons. The molecule has 7 heteroatoms. The summed E-state index contributed by atoms with van der Waals surface area (Å²) in [6, 6.07) is 9.11. The van der Waals surface area contributed by atoms with Gasteiger partial charge < -0.3 is 15.3 Å². The number of aromatic carboxylic acids is 1. The number of carbonyl (C=O) groups is 1. The molecule has 0 saturated carbocycles. The third kappa shape index (κ3) is 3.61. The number of hydrogen-bond donors (Lipinski definition) is 2. The first-order valence-electron chi connectivity index (χ1n) is 5.72. The van der Waals surface area contributed by atoms with Crippen molar-refractivity contribution in [3.05, 3.63) is 53.5 Å². The zero-order valence-electron chi connectivity index (χ0n) is 10.4. The van der Waals surface area contributed by atoms with Crippen LogP contribution in [0.3, 0.4) is 0 Å². The molecule has 0 amide bonds. The standard InChI is InChI=1S/C13H13NO5S/c14-10-3-1-9(2-4-10)7-20(17,18)8-11-5-6-12(19-11)13(15)16/h1-6H,7-8,14H2,(H,15,16). The number of nitrogens with two attached hydrogens (primary N) is 1. The van der Waals surface area contributed by atoms with Crippen LogP contribution < -0.4 is 5.73 Å². The van der Waals surface area contributed by atoms with E-state index in [2.05, 4.69) is 0 Å². The van der Waals surface area contributed by atoms with Crippen molar-refractivity contribution >= 4 is 21.5 Å². The molecule has 0 spiro atoms. The van der Waals surface area contributed by atoms with Crippen molar-refractivity contribution in [2.24, 2.45) is 0 Å². The van der Waals surface area contributed by atoms with Crippen molar-refractivity contribution in [2.75, 3.05) is 5.73 Å². The number of benzene rings is 1. The normalized spacial score (nSPS) is 11.4. The lowest BCUT2D eigenvalue weighted by molar-refractivity contribution is 0.0660. The minimum absolute atomic E-state index is 0.109. The number of rotatable bonds is 5. The summed E-state index contributed by atoms with van der Waals surface area (Å²) in [7, 11) is -3.44. The first-order chi connectivity index (χ1) is 9.35. The smallest absolute Gasteiger partial charge is 0.371 e. The van der Waals surface area contributed by atoms with Crippen LogP contribution in [0.15, 0.2) is 40.8 Å². The highest BCUT2D eigenvalue weighted by Crippen LogP contribution is 2.16. The SMILES string of the molecule is Nc1ccc(CS(=O)(=O)Cc2ccc(C(=O)O)o2)cc1. The second-order valence-corrected chi connectivity index (χ2v) is 6.41. The number of furan rings is 1. The maximum atomic E-state index is 12.0. The van der Waals surface area contributed by atoms with Gasteiger partial charge in [-0.1, -0.05) is 12.1 Å². The first-order valence-corrected chi connectivity index (χ1v) is 7.55. The number of hydrogen-bond acceptors (Lipinski definition) is 5. The predicted molar refractivity (Wildman–Crippen MR) is 72.8 cm³/mol. The number of carboxylic acid groups (broad SMARTS) is 1. The second-order valence-electron chi connectivity index (χ2n) is 4.34. The molecule has 0 saturated heterocycles.